The summed E-state index contributed by atoms with van der Waals surface area (Å²) < 4.78 is 0. The Morgan fingerprint density at radius 1 is 1.31 bits per heavy atom. The van der Waals surface area contributed by atoms with Crippen molar-refractivity contribution in [3.05, 3.63) is 52.2 Å². The number of likely N-dealkylation sites (tertiary alicyclic amines) is 1. The van der Waals surface area contributed by atoms with Gasteiger partial charge in [-0.15, -0.1) is 0 Å². The highest BCUT2D eigenvalue weighted by Crippen LogP contribution is 2.19. The van der Waals surface area contributed by atoms with Crippen LogP contribution in [0.25, 0.3) is 0 Å². The Bertz CT molecular complexity index is 750. The number of nitrogens with zero attached hydrogens (tertiary/aromatic N) is 5. The standard InChI is InChI=1S/C18H24N6O2/c1-22(2)18-19-10-9-17(21-18)20-15-4-3-11-23(13-15)12-14-5-7-16(8-6-14)24(25)26/h5-10,15H,3-4,11-13H2,1-2H3,(H,19,20,21). The molecular formula is C18H24N6O2. The predicted molar refractivity (Wildman–Crippen MR) is 101 cm³/mol. The third-order valence-electron chi connectivity index (χ3n) is 4.45. The van der Waals surface area contributed by atoms with Crippen molar-refractivity contribution in [3.8, 4) is 0 Å². The van der Waals surface area contributed by atoms with Crippen LogP contribution in [-0.2, 0) is 6.54 Å². The maximum atomic E-state index is 10.8. The van der Waals surface area contributed by atoms with Gasteiger partial charge in [-0.1, -0.05) is 12.1 Å². The average Bonchev–Trinajstić information content (AvgIpc) is 2.62. The van der Waals surface area contributed by atoms with Gasteiger partial charge in [-0.2, -0.15) is 4.98 Å². The van der Waals surface area contributed by atoms with Crippen molar-refractivity contribution in [1.29, 1.82) is 0 Å². The van der Waals surface area contributed by atoms with Gasteiger partial charge in [-0.05, 0) is 31.0 Å². The number of anilines is 2. The number of non-ortho nitro benzene ring substituents is 1. The van der Waals surface area contributed by atoms with Gasteiger partial charge in [0.05, 0.1) is 4.92 Å². The van der Waals surface area contributed by atoms with Crippen molar-refractivity contribution >= 4 is 17.5 Å². The quantitative estimate of drug-likeness (QED) is 0.628. The first-order valence-corrected chi connectivity index (χ1v) is 8.74. The Morgan fingerprint density at radius 2 is 2.08 bits per heavy atom. The molecule has 1 saturated heterocycles. The third kappa shape index (κ3) is 4.66. The van der Waals surface area contributed by atoms with Crippen molar-refractivity contribution in [2.24, 2.45) is 0 Å². The average molecular weight is 356 g/mol. The lowest BCUT2D eigenvalue weighted by molar-refractivity contribution is -0.384. The molecule has 1 aliphatic heterocycles. The first-order chi connectivity index (χ1) is 12.5. The van der Waals surface area contributed by atoms with E-state index in [2.05, 4.69) is 20.2 Å². The molecule has 1 N–H and O–H groups in total. The van der Waals surface area contributed by atoms with Crippen molar-refractivity contribution in [3.63, 3.8) is 0 Å². The number of benzene rings is 1. The van der Waals surface area contributed by atoms with E-state index in [1.165, 1.54) is 0 Å². The molecule has 8 nitrogen and oxygen atoms in total. The molecule has 8 heteroatoms. The molecule has 0 saturated carbocycles. The Balaban J connectivity index is 1.58. The van der Waals surface area contributed by atoms with E-state index in [1.807, 2.05) is 37.2 Å². The van der Waals surface area contributed by atoms with Crippen LogP contribution in [0.2, 0.25) is 0 Å². The maximum Gasteiger partial charge on any atom is 0.269 e. The van der Waals surface area contributed by atoms with Crippen molar-refractivity contribution in [1.82, 2.24) is 14.9 Å². The number of nitrogens with one attached hydrogen (secondary N) is 1. The van der Waals surface area contributed by atoms with Gasteiger partial charge in [-0.25, -0.2) is 4.98 Å². The second-order valence-electron chi connectivity index (χ2n) is 6.78. The Hall–Kier alpha value is -2.74. The fourth-order valence-corrected chi connectivity index (χ4v) is 3.15. The van der Waals surface area contributed by atoms with Crippen LogP contribution < -0.4 is 10.2 Å². The zero-order valence-corrected chi connectivity index (χ0v) is 15.1. The summed E-state index contributed by atoms with van der Waals surface area (Å²) in [4.78, 5) is 23.4. The van der Waals surface area contributed by atoms with E-state index in [9.17, 15) is 10.1 Å². The monoisotopic (exact) mass is 356 g/mol. The molecule has 1 atom stereocenters. The molecule has 0 spiro atoms. The molecule has 0 aliphatic carbocycles. The van der Waals surface area contributed by atoms with Gasteiger partial charge in [0.25, 0.3) is 5.69 Å². The van der Waals surface area contributed by atoms with Gasteiger partial charge >= 0.3 is 0 Å². The molecule has 0 amide bonds. The molecule has 138 valence electrons. The first kappa shape index (κ1) is 18.1. The number of rotatable bonds is 6. The summed E-state index contributed by atoms with van der Waals surface area (Å²) in [7, 11) is 3.84. The van der Waals surface area contributed by atoms with E-state index in [1.54, 1.807) is 18.3 Å². The van der Waals surface area contributed by atoms with E-state index in [-0.39, 0.29) is 10.6 Å². The lowest BCUT2D eigenvalue weighted by Gasteiger charge is -2.33. The molecule has 1 aliphatic rings. The van der Waals surface area contributed by atoms with Crippen LogP contribution in [0, 0.1) is 10.1 Å². The molecule has 1 unspecified atom stereocenters. The Kier molecular flexibility index (Phi) is 5.62. The van der Waals surface area contributed by atoms with Crippen molar-refractivity contribution in [2.75, 3.05) is 37.4 Å². The topological polar surface area (TPSA) is 87.4 Å². The number of hydrogen-bond donors (Lipinski definition) is 1. The van der Waals surface area contributed by atoms with Gasteiger partial charge in [0.2, 0.25) is 5.95 Å². The molecule has 2 heterocycles. The molecule has 2 aromatic rings. The zero-order valence-electron chi connectivity index (χ0n) is 15.1. The summed E-state index contributed by atoms with van der Waals surface area (Å²) in [5.74, 6) is 1.53. The van der Waals surface area contributed by atoms with E-state index < -0.39 is 0 Å². The minimum Gasteiger partial charge on any atom is -0.366 e. The maximum absolute atomic E-state index is 10.8. The third-order valence-corrected chi connectivity index (χ3v) is 4.45. The molecule has 1 aromatic heterocycles. The predicted octanol–water partition coefficient (Wildman–Crippen LogP) is 2.53. The van der Waals surface area contributed by atoms with Crippen LogP contribution >= 0.6 is 0 Å². The van der Waals surface area contributed by atoms with Gasteiger partial charge < -0.3 is 10.2 Å². The van der Waals surface area contributed by atoms with Crippen LogP contribution in [-0.4, -0.2) is 53.0 Å². The number of nitro benzene ring substituents is 1. The summed E-state index contributed by atoms with van der Waals surface area (Å²) in [5.41, 5.74) is 1.22. The molecule has 1 aromatic carbocycles. The number of piperidine rings is 1. The molecule has 3 rings (SSSR count). The highest BCUT2D eigenvalue weighted by atomic mass is 16.6. The SMILES string of the molecule is CN(C)c1nccc(NC2CCCN(Cc3ccc([N+](=O)[O-])cc3)C2)n1. The number of hydrogen-bond acceptors (Lipinski definition) is 7. The van der Waals surface area contributed by atoms with Crippen LogP contribution in [0.1, 0.15) is 18.4 Å². The smallest absolute Gasteiger partial charge is 0.269 e. The minimum atomic E-state index is -0.367. The molecule has 1 fully saturated rings. The van der Waals surface area contributed by atoms with E-state index >= 15 is 0 Å². The van der Waals surface area contributed by atoms with Crippen LogP contribution in [0.3, 0.4) is 0 Å². The Morgan fingerprint density at radius 3 is 2.77 bits per heavy atom. The normalized spacial score (nSPS) is 17.7. The zero-order chi connectivity index (χ0) is 18.5. The fourth-order valence-electron chi connectivity index (χ4n) is 3.15. The highest BCUT2D eigenvalue weighted by Gasteiger charge is 2.20. The minimum absolute atomic E-state index is 0.132. The fraction of sp³-hybridized carbons (Fsp3) is 0.444. The Labute approximate surface area is 153 Å². The lowest BCUT2D eigenvalue weighted by Crippen LogP contribution is -2.41. The molecular weight excluding hydrogens is 332 g/mol. The summed E-state index contributed by atoms with van der Waals surface area (Å²) in [6.45, 7) is 2.74. The van der Waals surface area contributed by atoms with Crippen molar-refractivity contribution in [2.45, 2.75) is 25.4 Å². The summed E-state index contributed by atoms with van der Waals surface area (Å²) >= 11 is 0. The first-order valence-electron chi connectivity index (χ1n) is 8.74. The van der Waals surface area contributed by atoms with Crippen LogP contribution in [0.5, 0.6) is 0 Å². The summed E-state index contributed by atoms with van der Waals surface area (Å²) in [5, 5.41) is 14.3. The van der Waals surface area contributed by atoms with E-state index in [4.69, 9.17) is 0 Å². The lowest BCUT2D eigenvalue weighted by atomic mass is 10.0. The van der Waals surface area contributed by atoms with Gasteiger partial charge in [0, 0.05) is 51.6 Å². The van der Waals surface area contributed by atoms with Gasteiger partial charge in [-0.3, -0.25) is 15.0 Å². The molecule has 0 bridgehead atoms. The summed E-state index contributed by atoms with van der Waals surface area (Å²) in [6.07, 6.45) is 3.97. The molecule has 0 radical (unpaired) electrons. The summed E-state index contributed by atoms with van der Waals surface area (Å²) in [6, 6.07) is 9.03. The van der Waals surface area contributed by atoms with Crippen molar-refractivity contribution < 1.29 is 4.92 Å². The van der Waals surface area contributed by atoms with Crippen LogP contribution in [0.15, 0.2) is 36.5 Å². The molecule has 26 heavy (non-hydrogen) atoms. The van der Waals surface area contributed by atoms with Gasteiger partial charge in [0.15, 0.2) is 0 Å². The highest BCUT2D eigenvalue weighted by molar-refractivity contribution is 5.41. The second kappa shape index (κ2) is 8.09. The largest absolute Gasteiger partial charge is 0.366 e. The van der Waals surface area contributed by atoms with Crippen LogP contribution in [0.4, 0.5) is 17.5 Å². The number of aromatic nitrogens is 2. The van der Waals surface area contributed by atoms with E-state index in [0.717, 1.165) is 43.9 Å². The number of nitro groups is 1. The van der Waals surface area contributed by atoms with Gasteiger partial charge in [0.1, 0.15) is 5.82 Å². The van der Waals surface area contributed by atoms with E-state index in [0.29, 0.717) is 12.0 Å². The second-order valence-corrected chi connectivity index (χ2v) is 6.78.